The summed E-state index contributed by atoms with van der Waals surface area (Å²) in [5.74, 6) is -0.315. The first-order valence-electron chi connectivity index (χ1n) is 6.59. The van der Waals surface area contributed by atoms with Crippen LogP contribution in [0.4, 0.5) is 4.39 Å². The number of halogens is 1. The van der Waals surface area contributed by atoms with Gasteiger partial charge in [0.1, 0.15) is 5.82 Å². The molecular weight excluding hydrogens is 251 g/mol. The minimum Gasteiger partial charge on any atom is -0.306 e. The van der Waals surface area contributed by atoms with Crippen LogP contribution in [0.1, 0.15) is 35.2 Å². The highest BCUT2D eigenvalue weighted by atomic mass is 19.1. The van der Waals surface area contributed by atoms with Gasteiger partial charge in [-0.2, -0.15) is 5.26 Å². The second-order valence-electron chi connectivity index (χ2n) is 4.87. The number of benzene rings is 2. The zero-order valence-corrected chi connectivity index (χ0v) is 11.7. The molecule has 0 aliphatic rings. The van der Waals surface area contributed by atoms with Crippen molar-refractivity contribution in [3.05, 3.63) is 70.5 Å². The lowest BCUT2D eigenvalue weighted by Crippen LogP contribution is -2.19. The SMILES string of the molecule is Cc1ccccc1[C@@H](C)NCc1cc(F)ccc1C#N. The fourth-order valence-corrected chi connectivity index (χ4v) is 2.26. The second-order valence-corrected chi connectivity index (χ2v) is 4.87. The third-order valence-electron chi connectivity index (χ3n) is 3.44. The molecule has 0 saturated heterocycles. The van der Waals surface area contributed by atoms with Crippen LogP contribution in [0.15, 0.2) is 42.5 Å². The smallest absolute Gasteiger partial charge is 0.123 e. The summed E-state index contributed by atoms with van der Waals surface area (Å²) in [6, 6.07) is 14.6. The molecular formula is C17H17FN2. The lowest BCUT2D eigenvalue weighted by molar-refractivity contribution is 0.566. The third-order valence-corrected chi connectivity index (χ3v) is 3.44. The number of nitriles is 1. The summed E-state index contributed by atoms with van der Waals surface area (Å²) < 4.78 is 13.3. The number of nitrogens with one attached hydrogen (secondary N) is 1. The number of rotatable bonds is 4. The zero-order valence-electron chi connectivity index (χ0n) is 11.7. The van der Waals surface area contributed by atoms with Crippen LogP contribution in [0.25, 0.3) is 0 Å². The van der Waals surface area contributed by atoms with Gasteiger partial charge in [-0.15, -0.1) is 0 Å². The molecule has 2 rings (SSSR count). The fourth-order valence-electron chi connectivity index (χ4n) is 2.26. The van der Waals surface area contributed by atoms with Crippen molar-refractivity contribution in [1.29, 1.82) is 5.26 Å². The van der Waals surface area contributed by atoms with Crippen molar-refractivity contribution in [2.24, 2.45) is 0 Å². The van der Waals surface area contributed by atoms with Gasteiger partial charge in [-0.05, 0) is 48.7 Å². The molecule has 0 radical (unpaired) electrons. The summed E-state index contributed by atoms with van der Waals surface area (Å²) in [5.41, 5.74) is 3.62. The molecule has 0 aromatic heterocycles. The Morgan fingerprint density at radius 2 is 2.00 bits per heavy atom. The monoisotopic (exact) mass is 268 g/mol. The van der Waals surface area contributed by atoms with Crippen LogP contribution in [-0.2, 0) is 6.54 Å². The molecule has 0 heterocycles. The summed E-state index contributed by atoms with van der Waals surface area (Å²) in [4.78, 5) is 0. The zero-order chi connectivity index (χ0) is 14.5. The number of hydrogen-bond acceptors (Lipinski definition) is 2. The van der Waals surface area contributed by atoms with Crippen LogP contribution in [0.5, 0.6) is 0 Å². The Morgan fingerprint density at radius 3 is 2.70 bits per heavy atom. The summed E-state index contributed by atoms with van der Waals surface area (Å²) in [7, 11) is 0. The average Bonchev–Trinajstić information content (AvgIpc) is 2.45. The lowest BCUT2D eigenvalue weighted by atomic mass is 10.0. The minimum absolute atomic E-state index is 0.144. The summed E-state index contributed by atoms with van der Waals surface area (Å²) >= 11 is 0. The fraction of sp³-hybridized carbons (Fsp3) is 0.235. The second kappa shape index (κ2) is 6.31. The van der Waals surface area contributed by atoms with Gasteiger partial charge < -0.3 is 5.32 Å². The minimum atomic E-state index is -0.315. The Balaban J connectivity index is 2.11. The number of aryl methyl sites for hydroxylation is 1. The molecule has 0 saturated carbocycles. The predicted octanol–water partition coefficient (Wildman–Crippen LogP) is 3.86. The molecule has 0 unspecified atom stereocenters. The van der Waals surface area contributed by atoms with E-state index in [0.717, 1.165) is 0 Å². The van der Waals surface area contributed by atoms with Gasteiger partial charge in [-0.3, -0.25) is 0 Å². The van der Waals surface area contributed by atoms with Gasteiger partial charge in [0.2, 0.25) is 0 Å². The molecule has 0 fully saturated rings. The van der Waals surface area contributed by atoms with Crippen LogP contribution >= 0.6 is 0 Å². The van der Waals surface area contributed by atoms with Crippen molar-refractivity contribution in [2.75, 3.05) is 0 Å². The molecule has 1 atom stereocenters. The number of nitrogens with zero attached hydrogens (tertiary/aromatic N) is 1. The van der Waals surface area contributed by atoms with E-state index in [4.69, 9.17) is 5.26 Å². The van der Waals surface area contributed by atoms with E-state index in [2.05, 4.69) is 37.4 Å². The summed E-state index contributed by atoms with van der Waals surface area (Å²) in [6.07, 6.45) is 0. The van der Waals surface area contributed by atoms with Gasteiger partial charge >= 0.3 is 0 Å². The van der Waals surface area contributed by atoms with E-state index in [1.807, 2.05) is 12.1 Å². The van der Waals surface area contributed by atoms with Gasteiger partial charge in [0.05, 0.1) is 11.6 Å². The van der Waals surface area contributed by atoms with Gasteiger partial charge in [0.15, 0.2) is 0 Å². The van der Waals surface area contributed by atoms with Crippen LogP contribution in [-0.4, -0.2) is 0 Å². The van der Waals surface area contributed by atoms with Crippen molar-refractivity contribution in [3.63, 3.8) is 0 Å². The Bertz CT molecular complexity index is 644. The molecule has 0 aliphatic heterocycles. The van der Waals surface area contributed by atoms with Crippen LogP contribution < -0.4 is 5.32 Å². The normalized spacial score (nSPS) is 11.9. The quantitative estimate of drug-likeness (QED) is 0.914. The summed E-state index contributed by atoms with van der Waals surface area (Å²) in [5, 5.41) is 12.4. The van der Waals surface area contributed by atoms with E-state index in [1.165, 1.54) is 29.3 Å². The maximum atomic E-state index is 13.3. The molecule has 3 heteroatoms. The van der Waals surface area contributed by atoms with E-state index >= 15 is 0 Å². The van der Waals surface area contributed by atoms with Gasteiger partial charge in [-0.25, -0.2) is 4.39 Å². The average molecular weight is 268 g/mol. The van der Waals surface area contributed by atoms with E-state index in [-0.39, 0.29) is 11.9 Å². The third kappa shape index (κ3) is 3.23. The Kier molecular flexibility index (Phi) is 4.49. The van der Waals surface area contributed by atoms with Crippen LogP contribution in [0.3, 0.4) is 0 Å². The van der Waals surface area contributed by atoms with Gasteiger partial charge in [-0.1, -0.05) is 24.3 Å². The van der Waals surface area contributed by atoms with Crippen molar-refractivity contribution in [3.8, 4) is 6.07 Å². The molecule has 2 nitrogen and oxygen atoms in total. The Morgan fingerprint density at radius 1 is 1.25 bits per heavy atom. The maximum absolute atomic E-state index is 13.3. The Labute approximate surface area is 118 Å². The van der Waals surface area contributed by atoms with E-state index in [1.54, 1.807) is 0 Å². The van der Waals surface area contributed by atoms with Gasteiger partial charge in [0, 0.05) is 12.6 Å². The molecule has 20 heavy (non-hydrogen) atoms. The van der Waals surface area contributed by atoms with E-state index in [9.17, 15) is 4.39 Å². The highest BCUT2D eigenvalue weighted by Crippen LogP contribution is 2.18. The van der Waals surface area contributed by atoms with Crippen molar-refractivity contribution >= 4 is 0 Å². The van der Waals surface area contributed by atoms with Crippen molar-refractivity contribution in [2.45, 2.75) is 26.4 Å². The molecule has 0 amide bonds. The maximum Gasteiger partial charge on any atom is 0.123 e. The van der Waals surface area contributed by atoms with Crippen molar-refractivity contribution in [1.82, 2.24) is 5.32 Å². The predicted molar refractivity (Wildman–Crippen MR) is 77.5 cm³/mol. The van der Waals surface area contributed by atoms with Crippen LogP contribution in [0.2, 0.25) is 0 Å². The topological polar surface area (TPSA) is 35.8 Å². The largest absolute Gasteiger partial charge is 0.306 e. The first kappa shape index (κ1) is 14.2. The standard InChI is InChI=1S/C17H17FN2/c1-12-5-3-4-6-17(12)13(2)20-11-15-9-16(18)8-7-14(15)10-19/h3-9,13,20H,11H2,1-2H3/t13-/m1/s1. The molecule has 102 valence electrons. The van der Waals surface area contributed by atoms with E-state index in [0.29, 0.717) is 17.7 Å². The molecule has 1 N–H and O–H groups in total. The molecule has 0 spiro atoms. The lowest BCUT2D eigenvalue weighted by Gasteiger charge is -2.17. The molecule has 0 bridgehead atoms. The van der Waals surface area contributed by atoms with Crippen LogP contribution in [0, 0.1) is 24.1 Å². The molecule has 2 aromatic carbocycles. The van der Waals surface area contributed by atoms with E-state index < -0.39 is 0 Å². The number of hydrogen-bond donors (Lipinski definition) is 1. The highest BCUT2D eigenvalue weighted by molar-refractivity contribution is 5.38. The van der Waals surface area contributed by atoms with Gasteiger partial charge in [0.25, 0.3) is 0 Å². The molecule has 0 aliphatic carbocycles. The first-order chi connectivity index (χ1) is 9.61. The summed E-state index contributed by atoms with van der Waals surface area (Å²) in [6.45, 7) is 4.60. The Hall–Kier alpha value is -2.18. The molecule has 2 aromatic rings. The van der Waals surface area contributed by atoms with Crippen molar-refractivity contribution < 1.29 is 4.39 Å². The highest BCUT2D eigenvalue weighted by Gasteiger charge is 2.09. The first-order valence-corrected chi connectivity index (χ1v) is 6.59.